The van der Waals surface area contributed by atoms with Gasteiger partial charge in [0.25, 0.3) is 0 Å². The predicted molar refractivity (Wildman–Crippen MR) is 62.2 cm³/mol. The molecule has 0 spiro atoms. The van der Waals surface area contributed by atoms with E-state index in [0.717, 1.165) is 11.8 Å². The SMILES string of the molecule is C[C@H]1CC2=C(C[C@@H]1C)C(C)(C)CCC2. The van der Waals surface area contributed by atoms with Gasteiger partial charge in [0.2, 0.25) is 0 Å². The van der Waals surface area contributed by atoms with E-state index in [4.69, 9.17) is 0 Å². The van der Waals surface area contributed by atoms with Crippen LogP contribution in [0.3, 0.4) is 0 Å². The number of hydrogen-bond acceptors (Lipinski definition) is 0. The van der Waals surface area contributed by atoms with Crippen molar-refractivity contribution in [3.05, 3.63) is 11.1 Å². The molecule has 0 heterocycles. The van der Waals surface area contributed by atoms with Crippen LogP contribution in [0.15, 0.2) is 11.1 Å². The maximum atomic E-state index is 2.45. The highest BCUT2D eigenvalue weighted by molar-refractivity contribution is 5.27. The lowest BCUT2D eigenvalue weighted by Gasteiger charge is -2.42. The van der Waals surface area contributed by atoms with Crippen LogP contribution in [0.5, 0.6) is 0 Å². The van der Waals surface area contributed by atoms with Gasteiger partial charge in [0.1, 0.15) is 0 Å². The van der Waals surface area contributed by atoms with Crippen molar-refractivity contribution < 1.29 is 0 Å². The summed E-state index contributed by atoms with van der Waals surface area (Å²) in [6.45, 7) is 9.75. The summed E-state index contributed by atoms with van der Waals surface area (Å²) < 4.78 is 0. The van der Waals surface area contributed by atoms with Crippen molar-refractivity contribution in [2.75, 3.05) is 0 Å². The zero-order valence-corrected chi connectivity index (χ0v) is 10.2. The number of hydrogen-bond donors (Lipinski definition) is 0. The van der Waals surface area contributed by atoms with E-state index in [0.29, 0.717) is 5.41 Å². The van der Waals surface area contributed by atoms with Gasteiger partial charge >= 0.3 is 0 Å². The van der Waals surface area contributed by atoms with Crippen LogP contribution in [-0.2, 0) is 0 Å². The van der Waals surface area contributed by atoms with Gasteiger partial charge in [-0.25, -0.2) is 0 Å². The third-order valence-electron chi connectivity index (χ3n) is 4.59. The summed E-state index contributed by atoms with van der Waals surface area (Å²) in [5, 5.41) is 0. The van der Waals surface area contributed by atoms with E-state index in [1.54, 1.807) is 0 Å². The van der Waals surface area contributed by atoms with Gasteiger partial charge in [-0.2, -0.15) is 0 Å². The molecule has 2 rings (SSSR count). The van der Waals surface area contributed by atoms with Gasteiger partial charge in [-0.1, -0.05) is 38.8 Å². The molecule has 0 saturated carbocycles. The van der Waals surface area contributed by atoms with E-state index in [1.165, 1.54) is 32.1 Å². The van der Waals surface area contributed by atoms with Crippen LogP contribution in [0, 0.1) is 17.3 Å². The Morgan fingerprint density at radius 2 is 1.71 bits per heavy atom. The zero-order valence-electron chi connectivity index (χ0n) is 10.2. The standard InChI is InChI=1S/C14H24/c1-10-8-12-6-5-7-14(3,4)13(12)9-11(10)2/h10-11H,5-9H2,1-4H3/t10-,11-/m0/s1. The third kappa shape index (κ3) is 1.64. The second-order valence-electron chi connectivity index (χ2n) is 6.18. The molecule has 2 aliphatic rings. The van der Waals surface area contributed by atoms with Crippen LogP contribution >= 0.6 is 0 Å². The van der Waals surface area contributed by atoms with Gasteiger partial charge in [-0.15, -0.1) is 0 Å². The molecule has 0 N–H and O–H groups in total. The number of allylic oxidation sites excluding steroid dienone is 2. The molecule has 0 amide bonds. The summed E-state index contributed by atoms with van der Waals surface area (Å²) in [5.74, 6) is 1.83. The van der Waals surface area contributed by atoms with Crippen molar-refractivity contribution in [2.45, 2.75) is 59.8 Å². The minimum absolute atomic E-state index is 0.516. The maximum Gasteiger partial charge on any atom is -0.0142 e. The molecule has 2 aliphatic carbocycles. The Morgan fingerprint density at radius 1 is 1.07 bits per heavy atom. The first-order valence-corrected chi connectivity index (χ1v) is 6.22. The van der Waals surface area contributed by atoms with Crippen LogP contribution < -0.4 is 0 Å². The maximum absolute atomic E-state index is 2.45. The van der Waals surface area contributed by atoms with Crippen molar-refractivity contribution >= 4 is 0 Å². The van der Waals surface area contributed by atoms with Crippen molar-refractivity contribution in [3.8, 4) is 0 Å². The molecule has 80 valence electrons. The largest absolute Gasteiger partial charge is 0.0702 e. The molecule has 2 atom stereocenters. The predicted octanol–water partition coefficient (Wildman–Crippen LogP) is 4.56. The van der Waals surface area contributed by atoms with Crippen molar-refractivity contribution in [1.29, 1.82) is 0 Å². The average Bonchev–Trinajstić information content (AvgIpc) is 2.08. The van der Waals surface area contributed by atoms with Crippen molar-refractivity contribution in [1.82, 2.24) is 0 Å². The van der Waals surface area contributed by atoms with E-state index in [-0.39, 0.29) is 0 Å². The second kappa shape index (κ2) is 3.40. The average molecular weight is 192 g/mol. The molecule has 0 heteroatoms. The van der Waals surface area contributed by atoms with Gasteiger partial charge in [0, 0.05) is 0 Å². The third-order valence-corrected chi connectivity index (χ3v) is 4.59. The van der Waals surface area contributed by atoms with Gasteiger partial charge in [0.15, 0.2) is 0 Å². The summed E-state index contributed by atoms with van der Waals surface area (Å²) in [6.07, 6.45) is 7.00. The summed E-state index contributed by atoms with van der Waals surface area (Å²) in [7, 11) is 0. The van der Waals surface area contributed by atoms with Crippen molar-refractivity contribution in [3.63, 3.8) is 0 Å². The quantitative estimate of drug-likeness (QED) is 0.494. The monoisotopic (exact) mass is 192 g/mol. The van der Waals surface area contributed by atoms with Crippen LogP contribution in [-0.4, -0.2) is 0 Å². The van der Waals surface area contributed by atoms with Gasteiger partial charge < -0.3 is 0 Å². The lowest BCUT2D eigenvalue weighted by atomic mass is 9.64. The lowest BCUT2D eigenvalue weighted by molar-refractivity contribution is 0.269. The molecule has 0 radical (unpaired) electrons. The molecule has 0 aliphatic heterocycles. The summed E-state index contributed by atoms with van der Waals surface area (Å²) in [5.41, 5.74) is 4.17. The fraction of sp³-hybridized carbons (Fsp3) is 0.857. The number of rotatable bonds is 0. The van der Waals surface area contributed by atoms with Crippen LogP contribution in [0.1, 0.15) is 59.8 Å². The Labute approximate surface area is 88.8 Å². The highest BCUT2D eigenvalue weighted by Crippen LogP contribution is 2.49. The first kappa shape index (κ1) is 10.3. The first-order valence-electron chi connectivity index (χ1n) is 6.22. The summed E-state index contributed by atoms with van der Waals surface area (Å²) in [4.78, 5) is 0. The molecule has 0 saturated heterocycles. The van der Waals surface area contributed by atoms with E-state index < -0.39 is 0 Å². The summed E-state index contributed by atoms with van der Waals surface area (Å²) >= 11 is 0. The molecule has 0 nitrogen and oxygen atoms in total. The molecule has 0 aromatic heterocycles. The Hall–Kier alpha value is -0.260. The van der Waals surface area contributed by atoms with Gasteiger partial charge in [-0.3, -0.25) is 0 Å². The van der Waals surface area contributed by atoms with E-state index in [1.807, 2.05) is 11.1 Å². The highest BCUT2D eigenvalue weighted by Gasteiger charge is 2.34. The van der Waals surface area contributed by atoms with Crippen LogP contribution in [0.4, 0.5) is 0 Å². The Kier molecular flexibility index (Phi) is 2.49. The fourth-order valence-corrected chi connectivity index (χ4v) is 3.28. The highest BCUT2D eigenvalue weighted by atomic mass is 14.4. The Bertz CT molecular complexity index is 257. The van der Waals surface area contributed by atoms with Crippen LogP contribution in [0.2, 0.25) is 0 Å². The summed E-state index contributed by atoms with van der Waals surface area (Å²) in [6, 6.07) is 0. The molecule has 0 aromatic rings. The smallest absolute Gasteiger partial charge is 0.0142 e. The zero-order chi connectivity index (χ0) is 10.3. The Balaban J connectivity index is 2.30. The molecule has 14 heavy (non-hydrogen) atoms. The van der Waals surface area contributed by atoms with Crippen LogP contribution in [0.25, 0.3) is 0 Å². The van der Waals surface area contributed by atoms with Crippen molar-refractivity contribution in [2.24, 2.45) is 17.3 Å². The first-order chi connectivity index (χ1) is 6.50. The van der Waals surface area contributed by atoms with E-state index in [2.05, 4.69) is 27.7 Å². The molecular formula is C14H24. The lowest BCUT2D eigenvalue weighted by Crippen LogP contribution is -2.28. The minimum Gasteiger partial charge on any atom is -0.0702 e. The fourth-order valence-electron chi connectivity index (χ4n) is 3.28. The minimum atomic E-state index is 0.516. The van der Waals surface area contributed by atoms with Gasteiger partial charge in [0.05, 0.1) is 0 Å². The van der Waals surface area contributed by atoms with E-state index >= 15 is 0 Å². The van der Waals surface area contributed by atoms with Gasteiger partial charge in [-0.05, 0) is 49.4 Å². The molecular weight excluding hydrogens is 168 g/mol. The molecule has 0 aromatic carbocycles. The molecule has 0 fully saturated rings. The molecule has 0 bridgehead atoms. The topological polar surface area (TPSA) is 0 Å². The van der Waals surface area contributed by atoms with E-state index in [9.17, 15) is 0 Å². The Morgan fingerprint density at radius 3 is 2.43 bits per heavy atom. The second-order valence-corrected chi connectivity index (χ2v) is 6.18. The molecule has 0 unspecified atom stereocenters. The normalized spacial score (nSPS) is 36.9.